The van der Waals surface area contributed by atoms with Crippen molar-refractivity contribution >= 4 is 17.8 Å². The lowest BCUT2D eigenvalue weighted by Gasteiger charge is -2.31. The van der Waals surface area contributed by atoms with Crippen LogP contribution in [-0.2, 0) is 15.1 Å². The summed E-state index contributed by atoms with van der Waals surface area (Å²) in [5, 5.41) is 11.7. The van der Waals surface area contributed by atoms with Gasteiger partial charge in [0.1, 0.15) is 12.1 Å². The molecule has 0 unspecified atom stereocenters. The third kappa shape index (κ3) is 3.15. The topological polar surface area (TPSA) is 93.5 Å². The summed E-state index contributed by atoms with van der Waals surface area (Å²) >= 11 is 0. The first-order valence-electron chi connectivity index (χ1n) is 8.77. The van der Waals surface area contributed by atoms with Crippen LogP contribution in [0.3, 0.4) is 0 Å². The molecule has 0 aromatic heterocycles. The second-order valence-electron chi connectivity index (χ2n) is 7.20. The second kappa shape index (κ2) is 6.79. The number of carbonyl (C=O) groups is 3. The van der Waals surface area contributed by atoms with E-state index in [2.05, 4.69) is 12.2 Å². The number of rotatable bonds is 3. The molecule has 3 rings (SSSR count). The molecule has 2 saturated heterocycles. The Labute approximate surface area is 152 Å². The van der Waals surface area contributed by atoms with Crippen LogP contribution in [0.15, 0.2) is 24.3 Å². The summed E-state index contributed by atoms with van der Waals surface area (Å²) in [5.74, 6) is -0.0989. The average molecular weight is 354 g/mol. The summed E-state index contributed by atoms with van der Waals surface area (Å²) in [6.07, 6.45) is 1.87. The molecule has 2 fully saturated rings. The van der Waals surface area contributed by atoms with E-state index in [9.17, 15) is 14.4 Å². The minimum atomic E-state index is -1.28. The van der Waals surface area contributed by atoms with E-state index in [4.69, 9.17) is 5.26 Å². The summed E-state index contributed by atoms with van der Waals surface area (Å²) in [5.41, 5.74) is -0.347. The summed E-state index contributed by atoms with van der Waals surface area (Å²) in [7, 11) is 0. The standard InChI is InChI=1S/C19H22N4O3/c1-13-6-8-22(9-7-13)16(24)12-23-17(25)19(2,21-18(23)26)15-5-3-4-14(10-15)11-20/h3-5,10,13H,6-9,12H2,1-2H3,(H,21,26)/t19-/m0/s1. The molecule has 7 heteroatoms. The highest BCUT2D eigenvalue weighted by Gasteiger charge is 2.49. The van der Waals surface area contributed by atoms with Crippen LogP contribution < -0.4 is 5.32 Å². The molecule has 1 atom stereocenters. The van der Waals surface area contributed by atoms with E-state index in [1.165, 1.54) is 0 Å². The van der Waals surface area contributed by atoms with Gasteiger partial charge in [-0.1, -0.05) is 19.1 Å². The van der Waals surface area contributed by atoms with Crippen LogP contribution in [0.25, 0.3) is 0 Å². The lowest BCUT2D eigenvalue weighted by molar-refractivity contribution is -0.139. The Morgan fingerprint density at radius 2 is 2.04 bits per heavy atom. The zero-order valence-electron chi connectivity index (χ0n) is 15.0. The molecule has 1 N–H and O–H groups in total. The molecule has 1 aromatic rings. The van der Waals surface area contributed by atoms with Gasteiger partial charge in [-0.2, -0.15) is 5.26 Å². The summed E-state index contributed by atoms with van der Waals surface area (Å²) in [6, 6.07) is 8.01. The van der Waals surface area contributed by atoms with Crippen molar-refractivity contribution in [2.45, 2.75) is 32.2 Å². The molecule has 7 nitrogen and oxygen atoms in total. The van der Waals surface area contributed by atoms with Crippen LogP contribution in [0.1, 0.15) is 37.8 Å². The molecule has 0 bridgehead atoms. The first-order chi connectivity index (χ1) is 12.3. The Bertz CT molecular complexity index is 792. The Kier molecular flexibility index (Phi) is 4.68. The lowest BCUT2D eigenvalue weighted by Crippen LogP contribution is -2.46. The van der Waals surface area contributed by atoms with Gasteiger partial charge in [-0.15, -0.1) is 0 Å². The van der Waals surface area contributed by atoms with E-state index in [0.29, 0.717) is 30.1 Å². The van der Waals surface area contributed by atoms with Crippen LogP contribution in [0.5, 0.6) is 0 Å². The quantitative estimate of drug-likeness (QED) is 0.834. The Morgan fingerprint density at radius 3 is 2.69 bits per heavy atom. The molecular weight excluding hydrogens is 332 g/mol. The zero-order valence-corrected chi connectivity index (χ0v) is 15.0. The minimum Gasteiger partial charge on any atom is -0.341 e. The van der Waals surface area contributed by atoms with Crippen molar-refractivity contribution in [3.8, 4) is 6.07 Å². The molecule has 2 aliphatic heterocycles. The highest BCUT2D eigenvalue weighted by molar-refractivity contribution is 6.09. The number of nitrogens with one attached hydrogen (secondary N) is 1. The fourth-order valence-corrected chi connectivity index (χ4v) is 3.43. The van der Waals surface area contributed by atoms with E-state index in [-0.39, 0.29) is 12.5 Å². The Hall–Kier alpha value is -2.88. The number of nitrogens with zero attached hydrogens (tertiary/aromatic N) is 3. The molecule has 136 valence electrons. The van der Waals surface area contributed by atoms with Gasteiger partial charge in [0.2, 0.25) is 5.91 Å². The maximum Gasteiger partial charge on any atom is 0.325 e. The van der Waals surface area contributed by atoms with Gasteiger partial charge < -0.3 is 10.2 Å². The molecular formula is C19H22N4O3. The van der Waals surface area contributed by atoms with Crippen molar-refractivity contribution in [2.24, 2.45) is 5.92 Å². The largest absolute Gasteiger partial charge is 0.341 e. The maximum atomic E-state index is 12.9. The number of amides is 4. The monoisotopic (exact) mass is 354 g/mol. The predicted octanol–water partition coefficient (Wildman–Crippen LogP) is 1.58. The maximum absolute atomic E-state index is 12.9. The number of benzene rings is 1. The first-order valence-corrected chi connectivity index (χ1v) is 8.77. The fourth-order valence-electron chi connectivity index (χ4n) is 3.43. The van der Waals surface area contributed by atoms with Crippen LogP contribution in [0.2, 0.25) is 0 Å². The van der Waals surface area contributed by atoms with Crippen molar-refractivity contribution in [3.05, 3.63) is 35.4 Å². The third-order valence-corrected chi connectivity index (χ3v) is 5.27. The van der Waals surface area contributed by atoms with E-state index >= 15 is 0 Å². The molecule has 2 heterocycles. The molecule has 2 aliphatic rings. The number of hydrogen-bond donors (Lipinski definition) is 1. The molecule has 1 aromatic carbocycles. The van der Waals surface area contributed by atoms with E-state index in [1.54, 1.807) is 36.1 Å². The molecule has 4 amide bonds. The number of nitriles is 1. The number of likely N-dealkylation sites (tertiary alicyclic amines) is 1. The van der Waals surface area contributed by atoms with Gasteiger partial charge in [0.25, 0.3) is 5.91 Å². The molecule has 0 spiro atoms. The van der Waals surface area contributed by atoms with Gasteiger partial charge in [-0.05, 0) is 43.4 Å². The molecule has 0 radical (unpaired) electrons. The summed E-state index contributed by atoms with van der Waals surface area (Å²) < 4.78 is 0. The van der Waals surface area contributed by atoms with Crippen LogP contribution >= 0.6 is 0 Å². The van der Waals surface area contributed by atoms with Crippen molar-refractivity contribution in [1.29, 1.82) is 5.26 Å². The number of hydrogen-bond acceptors (Lipinski definition) is 4. The van der Waals surface area contributed by atoms with Crippen molar-refractivity contribution in [3.63, 3.8) is 0 Å². The number of imide groups is 1. The van der Waals surface area contributed by atoms with Gasteiger partial charge in [0.15, 0.2) is 0 Å². The van der Waals surface area contributed by atoms with Gasteiger partial charge in [0, 0.05) is 13.1 Å². The normalized spacial score (nSPS) is 23.7. The van der Waals surface area contributed by atoms with E-state index in [1.807, 2.05) is 6.07 Å². The average Bonchev–Trinajstić information content (AvgIpc) is 2.86. The van der Waals surface area contributed by atoms with Crippen molar-refractivity contribution < 1.29 is 14.4 Å². The van der Waals surface area contributed by atoms with Crippen LogP contribution in [0.4, 0.5) is 4.79 Å². The molecule has 0 aliphatic carbocycles. The highest BCUT2D eigenvalue weighted by atomic mass is 16.2. The van der Waals surface area contributed by atoms with Crippen molar-refractivity contribution in [1.82, 2.24) is 15.1 Å². The van der Waals surface area contributed by atoms with E-state index in [0.717, 1.165) is 17.7 Å². The smallest absolute Gasteiger partial charge is 0.325 e. The zero-order chi connectivity index (χ0) is 18.9. The lowest BCUT2D eigenvalue weighted by atomic mass is 9.91. The molecule has 0 saturated carbocycles. The minimum absolute atomic E-state index is 0.213. The van der Waals surface area contributed by atoms with Gasteiger partial charge in [-0.3, -0.25) is 14.5 Å². The fraction of sp³-hybridized carbons (Fsp3) is 0.474. The van der Waals surface area contributed by atoms with Crippen molar-refractivity contribution in [2.75, 3.05) is 19.6 Å². The van der Waals surface area contributed by atoms with E-state index < -0.39 is 17.5 Å². The van der Waals surface area contributed by atoms with Gasteiger partial charge >= 0.3 is 6.03 Å². The Balaban J connectivity index is 1.76. The summed E-state index contributed by atoms with van der Waals surface area (Å²) in [6.45, 7) is 4.81. The van der Waals surface area contributed by atoms with Crippen LogP contribution in [0, 0.1) is 17.2 Å². The first kappa shape index (κ1) is 17.9. The second-order valence-corrected chi connectivity index (χ2v) is 7.20. The van der Waals surface area contributed by atoms with Gasteiger partial charge in [0.05, 0.1) is 11.6 Å². The molecule has 26 heavy (non-hydrogen) atoms. The van der Waals surface area contributed by atoms with Crippen LogP contribution in [-0.4, -0.2) is 47.3 Å². The number of carbonyl (C=O) groups excluding carboxylic acids is 3. The Morgan fingerprint density at radius 1 is 1.35 bits per heavy atom. The number of urea groups is 1. The summed E-state index contributed by atoms with van der Waals surface area (Å²) in [4.78, 5) is 40.4. The third-order valence-electron chi connectivity index (χ3n) is 5.27. The SMILES string of the molecule is CC1CCN(C(=O)CN2C(=O)N[C@@](C)(c3cccc(C#N)c3)C2=O)CC1. The highest BCUT2D eigenvalue weighted by Crippen LogP contribution is 2.29. The predicted molar refractivity (Wildman–Crippen MR) is 93.7 cm³/mol. The van der Waals surface area contributed by atoms with Gasteiger partial charge in [-0.25, -0.2) is 4.79 Å². The number of piperidine rings is 1.